The van der Waals surface area contributed by atoms with Gasteiger partial charge < -0.3 is 14.2 Å². The normalized spacial score (nSPS) is 10.1. The van der Waals surface area contributed by atoms with E-state index in [1.807, 2.05) is 0 Å². The van der Waals surface area contributed by atoms with Gasteiger partial charge in [-0.15, -0.1) is 0 Å². The van der Waals surface area contributed by atoms with E-state index < -0.39 is 10.7 Å². The molecule has 0 N–H and O–H groups in total. The van der Waals surface area contributed by atoms with Crippen molar-refractivity contribution in [3.8, 4) is 17.2 Å². The average Bonchev–Trinajstić information content (AvgIpc) is 2.26. The average molecular weight is 232 g/mol. The first-order chi connectivity index (χ1) is 7.13. The third-order valence-electron chi connectivity index (χ3n) is 1.86. The van der Waals surface area contributed by atoms with Crippen molar-refractivity contribution >= 4 is 10.7 Å². The number of benzene rings is 1. The predicted molar refractivity (Wildman–Crippen MR) is 54.7 cm³/mol. The summed E-state index contributed by atoms with van der Waals surface area (Å²) in [5.74, 6) is 1.03. The fraction of sp³-hybridized carbons (Fsp3) is 0.333. The number of ether oxygens (including phenoxy) is 3. The number of rotatable bonds is 4. The molecule has 15 heavy (non-hydrogen) atoms. The molecule has 1 rings (SSSR count). The number of methoxy groups -OCH3 is 3. The molecule has 0 aliphatic carbocycles. The lowest BCUT2D eigenvalue weighted by Gasteiger charge is -2.11. The van der Waals surface area contributed by atoms with E-state index in [1.165, 1.54) is 33.5 Å². The Kier molecular flexibility index (Phi) is 3.79. The topological polar surface area (TPSA) is 61.8 Å². The van der Waals surface area contributed by atoms with E-state index in [9.17, 15) is 8.42 Å². The maximum absolute atomic E-state index is 10.8. The fourth-order valence-electron chi connectivity index (χ4n) is 1.17. The minimum absolute atomic E-state index is 0.125. The van der Waals surface area contributed by atoms with E-state index in [0.29, 0.717) is 17.2 Å². The molecule has 1 aromatic carbocycles. The highest BCUT2D eigenvalue weighted by molar-refractivity contribution is 7.72. The van der Waals surface area contributed by atoms with Gasteiger partial charge in [0.1, 0.15) is 0 Å². The molecule has 0 aromatic heterocycles. The summed E-state index contributed by atoms with van der Waals surface area (Å²) in [7, 11) is 1.64. The van der Waals surface area contributed by atoms with E-state index in [-0.39, 0.29) is 4.90 Å². The Bertz CT molecular complexity index is 392. The van der Waals surface area contributed by atoms with Crippen LogP contribution in [0.5, 0.6) is 17.2 Å². The molecule has 0 spiro atoms. The van der Waals surface area contributed by atoms with Gasteiger partial charge in [0.25, 0.3) is 0 Å². The number of thiol groups is 1. The molecule has 6 heteroatoms. The zero-order chi connectivity index (χ0) is 11.4. The van der Waals surface area contributed by atoms with Crippen molar-refractivity contribution in [2.45, 2.75) is 4.90 Å². The van der Waals surface area contributed by atoms with Crippen LogP contribution in [-0.4, -0.2) is 29.7 Å². The molecule has 5 nitrogen and oxygen atoms in total. The monoisotopic (exact) mass is 232 g/mol. The van der Waals surface area contributed by atoms with Gasteiger partial charge in [0.2, 0.25) is 5.75 Å². The first-order valence-corrected chi connectivity index (χ1v) is 5.26. The molecular weight excluding hydrogens is 220 g/mol. The van der Waals surface area contributed by atoms with Gasteiger partial charge in [-0.25, -0.2) is 8.42 Å². The molecule has 0 atom stereocenters. The summed E-state index contributed by atoms with van der Waals surface area (Å²) in [6.07, 6.45) is 0. The Morgan fingerprint density at radius 3 is 1.67 bits per heavy atom. The lowest BCUT2D eigenvalue weighted by atomic mass is 10.3. The lowest BCUT2D eigenvalue weighted by molar-refractivity contribution is 0.323. The van der Waals surface area contributed by atoms with Gasteiger partial charge in [0.15, 0.2) is 22.2 Å². The van der Waals surface area contributed by atoms with Crippen LogP contribution in [0.15, 0.2) is 17.0 Å². The van der Waals surface area contributed by atoms with Crippen molar-refractivity contribution in [3.63, 3.8) is 0 Å². The second kappa shape index (κ2) is 4.88. The van der Waals surface area contributed by atoms with E-state index in [2.05, 4.69) is 0 Å². The minimum Gasteiger partial charge on any atom is -0.493 e. The SMILES string of the molecule is COc1cc([SH](=O)=O)cc(OC)c1OC. The summed E-state index contributed by atoms with van der Waals surface area (Å²) in [4.78, 5) is 0.125. The molecule has 0 saturated carbocycles. The molecule has 0 aliphatic rings. The Balaban J connectivity index is 3.42. The van der Waals surface area contributed by atoms with Crippen molar-refractivity contribution in [1.29, 1.82) is 0 Å². The highest BCUT2D eigenvalue weighted by Gasteiger charge is 2.13. The summed E-state index contributed by atoms with van der Waals surface area (Å²) >= 11 is 0. The van der Waals surface area contributed by atoms with E-state index in [4.69, 9.17) is 14.2 Å². The molecule has 0 saturated heterocycles. The minimum atomic E-state index is -2.67. The highest BCUT2D eigenvalue weighted by Crippen LogP contribution is 2.38. The van der Waals surface area contributed by atoms with Crippen molar-refractivity contribution in [2.24, 2.45) is 0 Å². The smallest absolute Gasteiger partial charge is 0.203 e. The third kappa shape index (κ3) is 2.33. The van der Waals surface area contributed by atoms with Crippen LogP contribution in [0.3, 0.4) is 0 Å². The highest BCUT2D eigenvalue weighted by atomic mass is 32.2. The van der Waals surface area contributed by atoms with Crippen LogP contribution >= 0.6 is 0 Å². The molecule has 0 fully saturated rings. The molecule has 0 aliphatic heterocycles. The summed E-state index contributed by atoms with van der Waals surface area (Å²) in [6.45, 7) is 0. The Morgan fingerprint density at radius 1 is 0.933 bits per heavy atom. The molecule has 0 heterocycles. The number of hydrogen-bond acceptors (Lipinski definition) is 5. The molecule has 0 radical (unpaired) electrons. The van der Waals surface area contributed by atoms with Crippen molar-refractivity contribution in [1.82, 2.24) is 0 Å². The zero-order valence-corrected chi connectivity index (χ0v) is 9.54. The van der Waals surface area contributed by atoms with Crippen LogP contribution < -0.4 is 14.2 Å². The Morgan fingerprint density at radius 2 is 1.40 bits per heavy atom. The van der Waals surface area contributed by atoms with Gasteiger partial charge in [0, 0.05) is 12.1 Å². The first-order valence-electron chi connectivity index (χ1n) is 4.08. The van der Waals surface area contributed by atoms with Crippen LogP contribution in [0.1, 0.15) is 0 Å². The maximum atomic E-state index is 10.8. The Labute approximate surface area is 89.5 Å². The maximum Gasteiger partial charge on any atom is 0.203 e. The van der Waals surface area contributed by atoms with Gasteiger partial charge >= 0.3 is 0 Å². The first kappa shape index (κ1) is 11.6. The second-order valence-corrected chi connectivity index (χ2v) is 3.67. The standard InChI is InChI=1S/C9H12O5S/c1-12-7-4-6(15(10)11)5-8(13-2)9(7)14-3/h4-5,15H,1-3H3. The fourth-order valence-corrected chi connectivity index (χ4v) is 1.62. The van der Waals surface area contributed by atoms with E-state index in [0.717, 1.165) is 0 Å². The van der Waals surface area contributed by atoms with Gasteiger partial charge in [-0.2, -0.15) is 0 Å². The van der Waals surface area contributed by atoms with Crippen LogP contribution in [0.2, 0.25) is 0 Å². The largest absolute Gasteiger partial charge is 0.493 e. The quantitative estimate of drug-likeness (QED) is 0.774. The number of hydrogen-bond donors (Lipinski definition) is 1. The third-order valence-corrected chi connectivity index (χ3v) is 2.54. The molecule has 0 unspecified atom stereocenters. The van der Waals surface area contributed by atoms with Crippen molar-refractivity contribution in [2.75, 3.05) is 21.3 Å². The van der Waals surface area contributed by atoms with Gasteiger partial charge in [-0.1, -0.05) is 0 Å². The summed E-state index contributed by atoms with van der Waals surface area (Å²) in [5, 5.41) is 0. The van der Waals surface area contributed by atoms with Gasteiger partial charge in [0.05, 0.1) is 26.2 Å². The summed E-state index contributed by atoms with van der Waals surface area (Å²) in [5.41, 5.74) is 0. The molecule has 84 valence electrons. The summed E-state index contributed by atoms with van der Waals surface area (Å²) < 4.78 is 36.7. The molecule has 1 aromatic rings. The van der Waals surface area contributed by atoms with Crippen LogP contribution in [-0.2, 0) is 10.7 Å². The Hall–Kier alpha value is -1.43. The zero-order valence-electron chi connectivity index (χ0n) is 8.64. The van der Waals surface area contributed by atoms with Gasteiger partial charge in [-0.3, -0.25) is 0 Å². The molecule has 0 amide bonds. The van der Waals surface area contributed by atoms with Gasteiger partial charge in [-0.05, 0) is 0 Å². The van der Waals surface area contributed by atoms with Crippen molar-refractivity contribution < 1.29 is 22.6 Å². The summed E-state index contributed by atoms with van der Waals surface area (Å²) in [6, 6.07) is 2.76. The molecule has 0 bridgehead atoms. The lowest BCUT2D eigenvalue weighted by Crippen LogP contribution is -1.96. The molecular formula is C9H12O5S. The van der Waals surface area contributed by atoms with E-state index in [1.54, 1.807) is 0 Å². The van der Waals surface area contributed by atoms with Crippen LogP contribution in [0, 0.1) is 0 Å². The second-order valence-electron chi connectivity index (χ2n) is 2.64. The van der Waals surface area contributed by atoms with Crippen LogP contribution in [0.25, 0.3) is 0 Å². The predicted octanol–water partition coefficient (Wildman–Crippen LogP) is 0.683. The van der Waals surface area contributed by atoms with Crippen LogP contribution in [0.4, 0.5) is 0 Å². The van der Waals surface area contributed by atoms with E-state index >= 15 is 0 Å². The van der Waals surface area contributed by atoms with Crippen molar-refractivity contribution in [3.05, 3.63) is 12.1 Å².